The van der Waals surface area contributed by atoms with Crippen LogP contribution in [0, 0.1) is 5.41 Å². The molecule has 0 saturated carbocycles. The van der Waals surface area contributed by atoms with Crippen LogP contribution in [0.2, 0.25) is 0 Å². The summed E-state index contributed by atoms with van der Waals surface area (Å²) in [6.07, 6.45) is 2.32. The molecule has 3 heteroatoms. The molecule has 16 heavy (non-hydrogen) atoms. The highest BCUT2D eigenvalue weighted by atomic mass is 79.9. The molecule has 0 fully saturated rings. The first-order valence-corrected chi connectivity index (χ1v) is 7.63. The van der Waals surface area contributed by atoms with Crippen LogP contribution in [0.3, 0.4) is 0 Å². The lowest BCUT2D eigenvalue weighted by Crippen LogP contribution is -2.43. The second kappa shape index (κ2) is 6.18. The highest BCUT2D eigenvalue weighted by molar-refractivity contribution is 9.10. The molecule has 0 aliphatic heterocycles. The molecule has 1 unspecified atom stereocenters. The quantitative estimate of drug-likeness (QED) is 0.818. The predicted molar refractivity (Wildman–Crippen MR) is 77.3 cm³/mol. The molecule has 0 spiro atoms. The largest absolute Gasteiger partial charge is 0.313 e. The van der Waals surface area contributed by atoms with Crippen molar-refractivity contribution in [1.29, 1.82) is 0 Å². The van der Waals surface area contributed by atoms with E-state index in [1.807, 2.05) is 11.3 Å². The second-order valence-electron chi connectivity index (χ2n) is 4.85. The van der Waals surface area contributed by atoms with Gasteiger partial charge in [0.2, 0.25) is 0 Å². The average molecular weight is 304 g/mol. The Morgan fingerprint density at radius 2 is 2.12 bits per heavy atom. The standard InChI is InChI=1S/C13H22BrNS/c1-5-13(3,4)12(15-6-2)9-11-10(14)7-8-16-11/h7-8,12,15H,5-6,9H2,1-4H3. The predicted octanol–water partition coefficient (Wildman–Crippen LogP) is 4.47. The lowest BCUT2D eigenvalue weighted by molar-refractivity contribution is 0.233. The molecule has 0 saturated heterocycles. The Hall–Kier alpha value is 0.140. The Bertz CT molecular complexity index is 319. The van der Waals surface area contributed by atoms with Gasteiger partial charge in [-0.25, -0.2) is 0 Å². The minimum atomic E-state index is 0.347. The molecule has 1 aromatic rings. The third-order valence-electron chi connectivity index (χ3n) is 3.39. The fraction of sp³-hybridized carbons (Fsp3) is 0.692. The summed E-state index contributed by atoms with van der Waals surface area (Å²) < 4.78 is 1.26. The van der Waals surface area contributed by atoms with Crippen molar-refractivity contribution < 1.29 is 0 Å². The molecule has 0 aliphatic rings. The molecule has 1 heterocycles. The lowest BCUT2D eigenvalue weighted by Gasteiger charge is -2.34. The van der Waals surface area contributed by atoms with Gasteiger partial charge in [-0.05, 0) is 52.2 Å². The van der Waals surface area contributed by atoms with E-state index in [0.29, 0.717) is 11.5 Å². The van der Waals surface area contributed by atoms with Crippen LogP contribution in [0.1, 0.15) is 39.0 Å². The van der Waals surface area contributed by atoms with Crippen molar-refractivity contribution in [3.05, 3.63) is 20.8 Å². The summed E-state index contributed by atoms with van der Waals surface area (Å²) in [7, 11) is 0. The SMILES string of the molecule is CCNC(Cc1sccc1Br)C(C)(C)CC. The van der Waals surface area contributed by atoms with E-state index in [0.717, 1.165) is 13.0 Å². The van der Waals surface area contributed by atoms with Gasteiger partial charge in [0.15, 0.2) is 0 Å². The number of hydrogen-bond acceptors (Lipinski definition) is 2. The zero-order chi connectivity index (χ0) is 12.2. The van der Waals surface area contributed by atoms with E-state index in [4.69, 9.17) is 0 Å². The van der Waals surface area contributed by atoms with E-state index >= 15 is 0 Å². The number of nitrogens with one attached hydrogen (secondary N) is 1. The van der Waals surface area contributed by atoms with Gasteiger partial charge >= 0.3 is 0 Å². The molecule has 1 nitrogen and oxygen atoms in total. The molecule has 1 N–H and O–H groups in total. The van der Waals surface area contributed by atoms with Crippen molar-refractivity contribution in [3.63, 3.8) is 0 Å². The van der Waals surface area contributed by atoms with Gasteiger partial charge in [0.1, 0.15) is 0 Å². The van der Waals surface area contributed by atoms with Crippen molar-refractivity contribution in [2.45, 2.75) is 46.6 Å². The maximum absolute atomic E-state index is 3.63. The maximum atomic E-state index is 3.63. The topological polar surface area (TPSA) is 12.0 Å². The monoisotopic (exact) mass is 303 g/mol. The molecule has 0 amide bonds. The first-order valence-electron chi connectivity index (χ1n) is 5.96. The summed E-state index contributed by atoms with van der Waals surface area (Å²) in [6, 6.07) is 2.69. The number of rotatable bonds is 6. The zero-order valence-electron chi connectivity index (χ0n) is 10.6. The van der Waals surface area contributed by atoms with Gasteiger partial charge in [-0.1, -0.05) is 27.7 Å². The molecule has 92 valence electrons. The van der Waals surface area contributed by atoms with Crippen molar-refractivity contribution >= 4 is 27.3 Å². The fourth-order valence-corrected chi connectivity index (χ4v) is 3.33. The molecular formula is C13H22BrNS. The lowest BCUT2D eigenvalue weighted by atomic mass is 9.80. The van der Waals surface area contributed by atoms with Gasteiger partial charge in [-0.2, -0.15) is 0 Å². The Labute approximate surface area is 112 Å². The van der Waals surface area contributed by atoms with Gasteiger partial charge in [0.05, 0.1) is 0 Å². The van der Waals surface area contributed by atoms with Crippen LogP contribution in [0.4, 0.5) is 0 Å². The van der Waals surface area contributed by atoms with E-state index in [9.17, 15) is 0 Å². The van der Waals surface area contributed by atoms with Crippen LogP contribution in [-0.4, -0.2) is 12.6 Å². The summed E-state index contributed by atoms with van der Waals surface area (Å²) in [5.74, 6) is 0. The second-order valence-corrected chi connectivity index (χ2v) is 6.70. The number of thiophene rings is 1. The number of hydrogen-bond donors (Lipinski definition) is 1. The summed E-state index contributed by atoms with van der Waals surface area (Å²) in [4.78, 5) is 1.45. The first kappa shape index (κ1) is 14.2. The number of halogens is 1. The third kappa shape index (κ3) is 3.57. The van der Waals surface area contributed by atoms with E-state index < -0.39 is 0 Å². The molecule has 0 bridgehead atoms. The van der Waals surface area contributed by atoms with Gasteiger partial charge in [-0.15, -0.1) is 11.3 Å². The molecule has 1 aromatic heterocycles. The summed E-state index contributed by atoms with van der Waals surface area (Å²) >= 11 is 5.46. The summed E-state index contributed by atoms with van der Waals surface area (Å²) in [5, 5.41) is 5.78. The highest BCUT2D eigenvalue weighted by Crippen LogP contribution is 2.31. The van der Waals surface area contributed by atoms with Crippen LogP contribution in [0.25, 0.3) is 0 Å². The normalized spacial score (nSPS) is 14.1. The minimum Gasteiger partial charge on any atom is -0.313 e. The summed E-state index contributed by atoms with van der Waals surface area (Å²) in [6.45, 7) is 10.2. The van der Waals surface area contributed by atoms with Crippen molar-refractivity contribution in [2.24, 2.45) is 5.41 Å². The fourth-order valence-electron chi connectivity index (χ4n) is 1.77. The molecule has 0 aliphatic carbocycles. The Morgan fingerprint density at radius 1 is 1.44 bits per heavy atom. The van der Waals surface area contributed by atoms with Crippen molar-refractivity contribution in [3.8, 4) is 0 Å². The number of likely N-dealkylation sites (N-methyl/N-ethyl adjacent to an activating group) is 1. The van der Waals surface area contributed by atoms with Crippen LogP contribution in [0.5, 0.6) is 0 Å². The van der Waals surface area contributed by atoms with Crippen LogP contribution >= 0.6 is 27.3 Å². The average Bonchev–Trinajstić information content (AvgIpc) is 2.64. The van der Waals surface area contributed by atoms with Crippen LogP contribution < -0.4 is 5.32 Å². The van der Waals surface area contributed by atoms with E-state index in [2.05, 4.69) is 60.4 Å². The van der Waals surface area contributed by atoms with Gasteiger partial charge in [0.25, 0.3) is 0 Å². The van der Waals surface area contributed by atoms with E-state index in [-0.39, 0.29) is 0 Å². The van der Waals surface area contributed by atoms with Crippen LogP contribution in [-0.2, 0) is 6.42 Å². The van der Waals surface area contributed by atoms with Gasteiger partial charge < -0.3 is 5.32 Å². The Morgan fingerprint density at radius 3 is 2.56 bits per heavy atom. The van der Waals surface area contributed by atoms with Gasteiger partial charge in [0, 0.05) is 15.4 Å². The highest BCUT2D eigenvalue weighted by Gasteiger charge is 2.27. The first-order chi connectivity index (χ1) is 7.51. The third-order valence-corrected chi connectivity index (χ3v) is 5.33. The molecule has 0 aromatic carbocycles. The maximum Gasteiger partial charge on any atom is 0.0314 e. The van der Waals surface area contributed by atoms with Crippen molar-refractivity contribution in [1.82, 2.24) is 5.32 Å². The van der Waals surface area contributed by atoms with Gasteiger partial charge in [-0.3, -0.25) is 0 Å². The molecule has 0 radical (unpaired) electrons. The van der Waals surface area contributed by atoms with Crippen molar-refractivity contribution in [2.75, 3.05) is 6.54 Å². The Balaban J connectivity index is 2.76. The molecule has 1 atom stereocenters. The minimum absolute atomic E-state index is 0.347. The summed E-state index contributed by atoms with van der Waals surface area (Å²) in [5.41, 5.74) is 0.347. The van der Waals surface area contributed by atoms with E-state index in [1.165, 1.54) is 15.8 Å². The molecule has 1 rings (SSSR count). The van der Waals surface area contributed by atoms with E-state index in [1.54, 1.807) is 0 Å². The Kier molecular flexibility index (Phi) is 5.48. The smallest absolute Gasteiger partial charge is 0.0314 e. The zero-order valence-corrected chi connectivity index (χ0v) is 13.0. The molecular weight excluding hydrogens is 282 g/mol. The van der Waals surface area contributed by atoms with Crippen LogP contribution in [0.15, 0.2) is 15.9 Å².